The van der Waals surface area contributed by atoms with Crippen LogP contribution < -0.4 is 15.2 Å². The molecule has 1 aromatic heterocycles. The van der Waals surface area contributed by atoms with E-state index in [-0.39, 0.29) is 41.7 Å². The number of primary amides is 1. The van der Waals surface area contributed by atoms with Gasteiger partial charge in [-0.25, -0.2) is 4.39 Å². The fraction of sp³-hybridized carbons (Fsp3) is 0.348. The lowest BCUT2D eigenvalue weighted by molar-refractivity contribution is -0.133. The van der Waals surface area contributed by atoms with Crippen LogP contribution in [0.4, 0.5) is 4.39 Å². The first kappa shape index (κ1) is 22.5. The van der Waals surface area contributed by atoms with Gasteiger partial charge in [0.05, 0.1) is 30.3 Å². The zero-order valence-electron chi connectivity index (χ0n) is 18.6. The molecular formula is C23H26FN5O4. The maximum Gasteiger partial charge on any atom is 0.252 e. The summed E-state index contributed by atoms with van der Waals surface area (Å²) in [7, 11) is 3.77. The Morgan fingerprint density at radius 1 is 1.09 bits per heavy atom. The molecule has 0 saturated carbocycles. The van der Waals surface area contributed by atoms with Crippen molar-refractivity contribution < 1.29 is 23.5 Å². The zero-order valence-corrected chi connectivity index (χ0v) is 18.6. The van der Waals surface area contributed by atoms with Crippen LogP contribution in [-0.2, 0) is 11.8 Å². The van der Waals surface area contributed by atoms with Crippen LogP contribution in [0.2, 0.25) is 0 Å². The highest BCUT2D eigenvalue weighted by atomic mass is 19.1. The van der Waals surface area contributed by atoms with Gasteiger partial charge in [0.1, 0.15) is 11.5 Å². The highest BCUT2D eigenvalue weighted by Gasteiger charge is 2.19. The Hall–Kier alpha value is -3.66. The summed E-state index contributed by atoms with van der Waals surface area (Å²) in [6, 6.07) is 7.29. The Morgan fingerprint density at radius 2 is 1.85 bits per heavy atom. The first-order valence-corrected chi connectivity index (χ1v) is 10.6. The lowest BCUT2D eigenvalue weighted by Crippen LogP contribution is -2.47. The molecule has 0 radical (unpaired) electrons. The molecule has 0 aliphatic carbocycles. The second kappa shape index (κ2) is 9.45. The Bertz CT molecular complexity index is 1190. The average Bonchev–Trinajstić information content (AvgIpc) is 3.15. The van der Waals surface area contributed by atoms with Crippen molar-refractivity contribution >= 4 is 22.7 Å². The van der Waals surface area contributed by atoms with E-state index in [9.17, 15) is 14.0 Å². The normalized spacial score (nSPS) is 14.5. The van der Waals surface area contributed by atoms with Crippen LogP contribution in [0.1, 0.15) is 16.8 Å². The van der Waals surface area contributed by atoms with Gasteiger partial charge < -0.3 is 25.0 Å². The van der Waals surface area contributed by atoms with Gasteiger partial charge in [0, 0.05) is 50.7 Å². The summed E-state index contributed by atoms with van der Waals surface area (Å²) in [5, 5.41) is 4.85. The molecule has 3 aromatic rings. The van der Waals surface area contributed by atoms with Gasteiger partial charge >= 0.3 is 0 Å². The van der Waals surface area contributed by atoms with E-state index >= 15 is 0 Å². The van der Waals surface area contributed by atoms with Gasteiger partial charge in [-0.15, -0.1) is 0 Å². The summed E-state index contributed by atoms with van der Waals surface area (Å²) in [6.07, 6.45) is 1.82. The van der Waals surface area contributed by atoms with E-state index < -0.39 is 11.7 Å². The molecule has 2 N–H and O–H groups in total. The monoisotopic (exact) mass is 455 g/mol. The van der Waals surface area contributed by atoms with E-state index in [1.807, 2.05) is 11.9 Å². The molecule has 0 bridgehead atoms. The van der Waals surface area contributed by atoms with Crippen molar-refractivity contribution in [2.24, 2.45) is 12.8 Å². The van der Waals surface area contributed by atoms with E-state index in [0.717, 1.165) is 13.1 Å². The molecule has 1 aliphatic rings. The first-order chi connectivity index (χ1) is 15.8. The molecule has 10 heteroatoms. The van der Waals surface area contributed by atoms with Gasteiger partial charge in [-0.3, -0.25) is 14.3 Å². The number of nitrogens with two attached hydrogens (primary N) is 1. The second-order valence-corrected chi connectivity index (χ2v) is 8.02. The number of rotatable bonds is 7. The summed E-state index contributed by atoms with van der Waals surface area (Å²) in [4.78, 5) is 28.2. The highest BCUT2D eigenvalue weighted by Crippen LogP contribution is 2.32. The Labute approximate surface area is 190 Å². The number of halogens is 1. The number of piperazine rings is 1. The van der Waals surface area contributed by atoms with Crippen molar-refractivity contribution in [2.75, 3.05) is 39.8 Å². The summed E-state index contributed by atoms with van der Waals surface area (Å²) in [6.45, 7) is 3.25. The first-order valence-electron chi connectivity index (χ1n) is 10.6. The number of aromatic nitrogens is 2. The number of likely N-dealkylation sites (N-methyl/N-ethyl adjacent to an activating group) is 1. The molecular weight excluding hydrogens is 429 g/mol. The van der Waals surface area contributed by atoms with Gasteiger partial charge in [0.15, 0.2) is 11.6 Å². The predicted octanol–water partition coefficient (Wildman–Crippen LogP) is 2.15. The minimum absolute atomic E-state index is 0.0214. The second-order valence-electron chi connectivity index (χ2n) is 8.02. The van der Waals surface area contributed by atoms with Gasteiger partial charge in [-0.05, 0) is 25.2 Å². The van der Waals surface area contributed by atoms with Gasteiger partial charge in [-0.1, -0.05) is 0 Å². The molecule has 0 unspecified atom stereocenters. The number of hydrogen-bond donors (Lipinski definition) is 1. The quantitative estimate of drug-likeness (QED) is 0.586. The van der Waals surface area contributed by atoms with Gasteiger partial charge in [-0.2, -0.15) is 5.10 Å². The topological polar surface area (TPSA) is 103 Å². The van der Waals surface area contributed by atoms with Crippen molar-refractivity contribution in [2.45, 2.75) is 6.42 Å². The minimum Gasteiger partial charge on any atom is -0.493 e. The van der Waals surface area contributed by atoms with Crippen molar-refractivity contribution in [3.63, 3.8) is 0 Å². The molecule has 1 aliphatic heterocycles. The molecule has 33 heavy (non-hydrogen) atoms. The number of carbonyl (C=O) groups is 2. The molecule has 0 atom stereocenters. The maximum absolute atomic E-state index is 14.7. The van der Waals surface area contributed by atoms with Crippen LogP contribution in [0.3, 0.4) is 0 Å². The van der Waals surface area contributed by atoms with Crippen molar-refractivity contribution in [3.05, 3.63) is 47.9 Å². The molecule has 1 fully saturated rings. The van der Waals surface area contributed by atoms with E-state index in [1.54, 1.807) is 36.1 Å². The van der Waals surface area contributed by atoms with Crippen molar-refractivity contribution in [1.29, 1.82) is 0 Å². The molecule has 2 aromatic carbocycles. The van der Waals surface area contributed by atoms with Crippen LogP contribution in [0, 0.1) is 5.82 Å². The Kier molecular flexibility index (Phi) is 6.45. The van der Waals surface area contributed by atoms with Gasteiger partial charge in [0.25, 0.3) is 5.91 Å². The predicted molar refractivity (Wildman–Crippen MR) is 120 cm³/mol. The van der Waals surface area contributed by atoms with E-state index in [0.29, 0.717) is 24.0 Å². The average molecular weight is 455 g/mol. The SMILES string of the molecule is CN1CCN(C(=O)CCOc2ccc(Oc3cc4c(cnn4C)cc3C(N)=O)c(F)c2)CC1. The molecule has 2 amide bonds. The number of fused-ring (bicyclic) bond motifs is 1. The molecule has 1 saturated heterocycles. The fourth-order valence-electron chi connectivity index (χ4n) is 3.70. The van der Waals surface area contributed by atoms with E-state index in [4.69, 9.17) is 15.2 Å². The van der Waals surface area contributed by atoms with Crippen LogP contribution in [0.25, 0.3) is 10.9 Å². The third-order valence-electron chi connectivity index (χ3n) is 5.68. The number of hydrogen-bond acceptors (Lipinski definition) is 6. The number of benzene rings is 2. The minimum atomic E-state index is -0.693. The maximum atomic E-state index is 14.7. The number of amides is 2. The standard InChI is InChI=1S/C23H26FN5O4/c1-27-6-8-29(9-7-27)22(30)5-10-32-16-3-4-20(18(24)12-16)33-21-13-19-15(14-26-28(19)2)11-17(21)23(25)31/h3-4,11-14H,5-10H2,1-2H3,(H2,25,31). The van der Waals surface area contributed by atoms with E-state index in [1.165, 1.54) is 12.1 Å². The van der Waals surface area contributed by atoms with Crippen molar-refractivity contribution in [1.82, 2.24) is 19.6 Å². The lowest BCUT2D eigenvalue weighted by Gasteiger charge is -2.32. The third kappa shape index (κ3) is 5.06. The summed E-state index contributed by atoms with van der Waals surface area (Å²) in [5.41, 5.74) is 6.31. The molecule has 2 heterocycles. The van der Waals surface area contributed by atoms with Crippen LogP contribution in [0.5, 0.6) is 17.2 Å². The Morgan fingerprint density at radius 3 is 2.55 bits per heavy atom. The molecule has 0 spiro atoms. The number of nitrogens with zero attached hydrogens (tertiary/aromatic N) is 4. The molecule has 4 rings (SSSR count). The van der Waals surface area contributed by atoms with Crippen molar-refractivity contribution in [3.8, 4) is 17.2 Å². The summed E-state index contributed by atoms with van der Waals surface area (Å²) < 4.78 is 27.6. The smallest absolute Gasteiger partial charge is 0.252 e. The van der Waals surface area contributed by atoms with Gasteiger partial charge in [0.2, 0.25) is 5.91 Å². The zero-order chi connectivity index (χ0) is 23.5. The summed E-state index contributed by atoms with van der Waals surface area (Å²) >= 11 is 0. The molecule has 9 nitrogen and oxygen atoms in total. The largest absolute Gasteiger partial charge is 0.493 e. The highest BCUT2D eigenvalue weighted by molar-refractivity contribution is 6.00. The fourth-order valence-corrected chi connectivity index (χ4v) is 3.70. The number of aryl methyl sites for hydroxylation is 1. The number of ether oxygens (including phenoxy) is 2. The Balaban J connectivity index is 1.41. The number of carbonyl (C=O) groups excluding carboxylic acids is 2. The molecule has 174 valence electrons. The third-order valence-corrected chi connectivity index (χ3v) is 5.68. The van der Waals surface area contributed by atoms with E-state index in [2.05, 4.69) is 10.00 Å². The van der Waals surface area contributed by atoms with Crippen LogP contribution in [-0.4, -0.2) is 71.2 Å². The summed E-state index contributed by atoms with van der Waals surface area (Å²) in [5.74, 6) is -1.01. The van der Waals surface area contributed by atoms with Crippen LogP contribution >= 0.6 is 0 Å². The lowest BCUT2D eigenvalue weighted by atomic mass is 10.1. The van der Waals surface area contributed by atoms with Crippen LogP contribution in [0.15, 0.2) is 36.5 Å².